The molecule has 0 spiro atoms. The monoisotopic (exact) mass is 277 g/mol. The maximum Gasteiger partial charge on any atom is 0.417 e. The maximum atomic E-state index is 12.7. The highest BCUT2D eigenvalue weighted by atomic mass is 19.4. The van der Waals surface area contributed by atoms with E-state index in [-0.39, 0.29) is 0 Å². The average Bonchev–Trinajstić information content (AvgIpc) is 2.82. The van der Waals surface area contributed by atoms with Crippen LogP contribution in [0.5, 0.6) is 0 Å². The Morgan fingerprint density at radius 3 is 2.75 bits per heavy atom. The second kappa shape index (κ2) is 4.63. The Morgan fingerprint density at radius 1 is 1.20 bits per heavy atom. The fourth-order valence-electron chi connectivity index (χ4n) is 2.08. The minimum absolute atomic E-state index is 0.455. The molecule has 6 heteroatoms. The lowest BCUT2D eigenvalue weighted by atomic mass is 10.1. The number of nitrogens with one attached hydrogen (secondary N) is 1. The highest BCUT2D eigenvalue weighted by Gasteiger charge is 2.31. The van der Waals surface area contributed by atoms with Crippen LogP contribution in [0.25, 0.3) is 11.0 Å². The number of aromatic nitrogens is 3. The van der Waals surface area contributed by atoms with Crippen molar-refractivity contribution in [2.75, 3.05) is 0 Å². The molecule has 0 saturated heterocycles. The molecule has 102 valence electrons. The molecule has 0 atom stereocenters. The van der Waals surface area contributed by atoms with Crippen molar-refractivity contribution in [2.24, 2.45) is 0 Å². The van der Waals surface area contributed by atoms with Crippen molar-refractivity contribution >= 4 is 11.0 Å². The summed E-state index contributed by atoms with van der Waals surface area (Å²) in [5, 5.41) is 0.490. The van der Waals surface area contributed by atoms with Gasteiger partial charge in [0.2, 0.25) is 0 Å². The molecule has 0 bridgehead atoms. The molecule has 3 aromatic rings. The van der Waals surface area contributed by atoms with E-state index < -0.39 is 11.7 Å². The van der Waals surface area contributed by atoms with Gasteiger partial charge in [-0.05, 0) is 23.3 Å². The smallest absolute Gasteiger partial charge is 0.346 e. The van der Waals surface area contributed by atoms with Crippen molar-refractivity contribution in [2.45, 2.75) is 12.6 Å². The standard InChI is InChI=1S/C14H10F3N3/c15-14(16,17)11-5-12-10(7-19-13(12)20-8-11)4-9-2-1-3-18-6-9/h1-3,5-8H,4H2,(H,19,20). The van der Waals surface area contributed by atoms with E-state index in [9.17, 15) is 13.2 Å². The second-order valence-electron chi connectivity index (χ2n) is 4.47. The van der Waals surface area contributed by atoms with E-state index in [0.29, 0.717) is 17.5 Å². The molecule has 3 aromatic heterocycles. The Morgan fingerprint density at radius 2 is 2.05 bits per heavy atom. The molecule has 1 N–H and O–H groups in total. The van der Waals surface area contributed by atoms with Crippen molar-refractivity contribution in [1.29, 1.82) is 0 Å². The predicted molar refractivity (Wildman–Crippen MR) is 68.1 cm³/mol. The summed E-state index contributed by atoms with van der Waals surface area (Å²) in [5.41, 5.74) is 1.42. The lowest BCUT2D eigenvalue weighted by molar-refractivity contribution is -0.137. The quantitative estimate of drug-likeness (QED) is 0.778. The van der Waals surface area contributed by atoms with Crippen molar-refractivity contribution in [3.05, 3.63) is 59.7 Å². The molecular weight excluding hydrogens is 267 g/mol. The molecule has 0 amide bonds. The van der Waals surface area contributed by atoms with Gasteiger partial charge in [0.25, 0.3) is 0 Å². The highest BCUT2D eigenvalue weighted by molar-refractivity contribution is 5.80. The summed E-state index contributed by atoms with van der Waals surface area (Å²) < 4.78 is 38.2. The van der Waals surface area contributed by atoms with Gasteiger partial charge in [-0.15, -0.1) is 0 Å². The van der Waals surface area contributed by atoms with Gasteiger partial charge in [0.15, 0.2) is 0 Å². The summed E-state index contributed by atoms with van der Waals surface area (Å²) in [7, 11) is 0. The number of halogens is 3. The summed E-state index contributed by atoms with van der Waals surface area (Å²) in [6.07, 6.45) is 2.00. The van der Waals surface area contributed by atoms with Crippen LogP contribution in [0.4, 0.5) is 13.2 Å². The first kappa shape index (κ1) is 12.7. The molecule has 0 fully saturated rings. The van der Waals surface area contributed by atoms with Crippen LogP contribution in [0.15, 0.2) is 43.0 Å². The van der Waals surface area contributed by atoms with Gasteiger partial charge in [0.1, 0.15) is 5.65 Å². The van der Waals surface area contributed by atoms with Gasteiger partial charge in [-0.3, -0.25) is 4.98 Å². The number of fused-ring (bicyclic) bond motifs is 1. The summed E-state index contributed by atoms with van der Waals surface area (Å²) in [6.45, 7) is 0. The number of rotatable bonds is 2. The van der Waals surface area contributed by atoms with Crippen LogP contribution in [0, 0.1) is 0 Å². The van der Waals surface area contributed by atoms with Gasteiger partial charge in [-0.2, -0.15) is 13.2 Å². The topological polar surface area (TPSA) is 41.6 Å². The molecule has 0 aliphatic rings. The molecule has 3 nitrogen and oxygen atoms in total. The molecule has 0 radical (unpaired) electrons. The number of hydrogen-bond donors (Lipinski definition) is 1. The van der Waals surface area contributed by atoms with Crippen LogP contribution in [0.2, 0.25) is 0 Å². The zero-order chi connectivity index (χ0) is 14.2. The predicted octanol–water partition coefficient (Wildman–Crippen LogP) is 3.57. The Balaban J connectivity index is 2.03. The molecule has 0 saturated carbocycles. The zero-order valence-electron chi connectivity index (χ0n) is 10.3. The van der Waals surface area contributed by atoms with Crippen LogP contribution >= 0.6 is 0 Å². The first-order valence-electron chi connectivity index (χ1n) is 5.96. The van der Waals surface area contributed by atoms with E-state index >= 15 is 0 Å². The number of hydrogen-bond acceptors (Lipinski definition) is 2. The summed E-state index contributed by atoms with van der Waals surface area (Å²) >= 11 is 0. The van der Waals surface area contributed by atoms with Crippen LogP contribution in [-0.2, 0) is 12.6 Å². The number of pyridine rings is 2. The minimum Gasteiger partial charge on any atom is -0.346 e. The van der Waals surface area contributed by atoms with Crippen molar-refractivity contribution in [3.8, 4) is 0 Å². The van der Waals surface area contributed by atoms with Crippen molar-refractivity contribution in [3.63, 3.8) is 0 Å². The lowest BCUT2D eigenvalue weighted by Crippen LogP contribution is -2.05. The van der Waals surface area contributed by atoms with Gasteiger partial charge in [-0.25, -0.2) is 4.98 Å². The molecule has 0 unspecified atom stereocenters. The third kappa shape index (κ3) is 2.36. The molecule has 20 heavy (non-hydrogen) atoms. The largest absolute Gasteiger partial charge is 0.417 e. The van der Waals surface area contributed by atoms with Gasteiger partial charge >= 0.3 is 6.18 Å². The van der Waals surface area contributed by atoms with E-state index in [1.54, 1.807) is 24.7 Å². The fourth-order valence-corrected chi connectivity index (χ4v) is 2.08. The number of nitrogens with zero attached hydrogens (tertiary/aromatic N) is 2. The Hall–Kier alpha value is -2.37. The first-order valence-corrected chi connectivity index (χ1v) is 5.96. The van der Waals surface area contributed by atoms with E-state index in [1.165, 1.54) is 0 Å². The molecule has 0 aliphatic heterocycles. The fraction of sp³-hybridized carbons (Fsp3) is 0.143. The summed E-state index contributed by atoms with van der Waals surface area (Å²) in [6, 6.07) is 4.81. The Bertz CT molecular complexity index is 732. The third-order valence-corrected chi connectivity index (χ3v) is 3.06. The molecule has 0 aromatic carbocycles. The third-order valence-electron chi connectivity index (χ3n) is 3.06. The van der Waals surface area contributed by atoms with Crippen molar-refractivity contribution in [1.82, 2.24) is 15.0 Å². The molecule has 3 rings (SSSR count). The van der Waals surface area contributed by atoms with Crippen LogP contribution in [0.1, 0.15) is 16.7 Å². The van der Waals surface area contributed by atoms with Gasteiger partial charge in [-0.1, -0.05) is 6.07 Å². The van der Waals surface area contributed by atoms with Crippen LogP contribution in [-0.4, -0.2) is 15.0 Å². The summed E-state index contributed by atoms with van der Waals surface area (Å²) in [5.74, 6) is 0. The van der Waals surface area contributed by atoms with Gasteiger partial charge in [0.05, 0.1) is 5.56 Å². The highest BCUT2D eigenvalue weighted by Crippen LogP contribution is 2.31. The van der Waals surface area contributed by atoms with Crippen LogP contribution in [0.3, 0.4) is 0 Å². The number of alkyl halides is 3. The normalized spacial score (nSPS) is 11.9. The molecule has 0 aliphatic carbocycles. The van der Waals surface area contributed by atoms with Crippen LogP contribution < -0.4 is 0 Å². The first-order chi connectivity index (χ1) is 9.54. The molecular formula is C14H10F3N3. The second-order valence-corrected chi connectivity index (χ2v) is 4.47. The van der Waals surface area contributed by atoms with Gasteiger partial charge in [0, 0.05) is 36.6 Å². The number of aromatic amines is 1. The minimum atomic E-state index is -4.38. The van der Waals surface area contributed by atoms with E-state index in [0.717, 1.165) is 23.4 Å². The molecule has 3 heterocycles. The Labute approximate surface area is 112 Å². The van der Waals surface area contributed by atoms with E-state index in [4.69, 9.17) is 0 Å². The Kier molecular flexibility index (Phi) is 2.93. The average molecular weight is 277 g/mol. The summed E-state index contributed by atoms with van der Waals surface area (Å²) in [4.78, 5) is 10.7. The van der Waals surface area contributed by atoms with Crippen molar-refractivity contribution < 1.29 is 13.2 Å². The SMILES string of the molecule is FC(F)(F)c1cnc2[nH]cc(Cc3cccnc3)c2c1. The van der Waals surface area contributed by atoms with E-state index in [2.05, 4.69) is 15.0 Å². The lowest BCUT2D eigenvalue weighted by Gasteiger charge is -2.06. The maximum absolute atomic E-state index is 12.7. The van der Waals surface area contributed by atoms with E-state index in [1.807, 2.05) is 6.07 Å². The number of H-pyrrole nitrogens is 1. The zero-order valence-corrected chi connectivity index (χ0v) is 10.3. The van der Waals surface area contributed by atoms with Gasteiger partial charge < -0.3 is 4.98 Å².